The van der Waals surface area contributed by atoms with E-state index in [1.807, 2.05) is 13.8 Å². The van der Waals surface area contributed by atoms with E-state index in [9.17, 15) is 8.78 Å². The van der Waals surface area contributed by atoms with E-state index in [-0.39, 0.29) is 5.82 Å². The molecule has 0 aliphatic rings. The molecule has 0 saturated heterocycles. The van der Waals surface area contributed by atoms with Gasteiger partial charge in [-0.1, -0.05) is 42.3 Å². The number of benzene rings is 2. The highest BCUT2D eigenvalue weighted by atomic mass is 35.5. The molecule has 0 saturated carbocycles. The molecule has 2 aromatic rings. The van der Waals surface area contributed by atoms with Crippen LogP contribution >= 0.6 is 11.6 Å². The van der Waals surface area contributed by atoms with Gasteiger partial charge in [0.25, 0.3) is 0 Å². The van der Waals surface area contributed by atoms with E-state index in [4.69, 9.17) is 11.6 Å². The summed E-state index contributed by atoms with van der Waals surface area (Å²) in [7, 11) is 0. The van der Waals surface area contributed by atoms with Gasteiger partial charge in [0.1, 0.15) is 11.6 Å². The summed E-state index contributed by atoms with van der Waals surface area (Å²) in [5.74, 6) is -0.791. The molecule has 2 aromatic carbocycles. The Morgan fingerprint density at radius 1 is 1.05 bits per heavy atom. The quantitative estimate of drug-likeness (QED) is 0.867. The molecule has 0 fully saturated rings. The minimum Gasteiger partial charge on any atom is -0.306 e. The molecule has 0 aliphatic carbocycles. The summed E-state index contributed by atoms with van der Waals surface area (Å²) in [4.78, 5) is 0. The Morgan fingerprint density at radius 3 is 2.45 bits per heavy atom. The van der Waals surface area contributed by atoms with Gasteiger partial charge in [-0.2, -0.15) is 0 Å². The molecule has 2 rings (SSSR count). The second-order valence-electron chi connectivity index (χ2n) is 4.68. The zero-order valence-corrected chi connectivity index (χ0v) is 12.1. The Balaban J connectivity index is 2.53. The monoisotopic (exact) mass is 295 g/mol. The first-order valence-electron chi connectivity index (χ1n) is 6.47. The molecule has 106 valence electrons. The van der Waals surface area contributed by atoms with E-state index in [1.165, 1.54) is 12.1 Å². The van der Waals surface area contributed by atoms with Crippen molar-refractivity contribution in [3.8, 4) is 0 Å². The lowest BCUT2D eigenvalue weighted by Gasteiger charge is -2.20. The molecule has 0 aromatic heterocycles. The number of hydrogen-bond donors (Lipinski definition) is 1. The van der Waals surface area contributed by atoms with Crippen LogP contribution in [0.15, 0.2) is 36.4 Å². The molecule has 0 heterocycles. The third-order valence-corrected chi connectivity index (χ3v) is 3.38. The van der Waals surface area contributed by atoms with Crippen molar-refractivity contribution < 1.29 is 8.78 Å². The minimum atomic E-state index is -0.530. The topological polar surface area (TPSA) is 12.0 Å². The van der Waals surface area contributed by atoms with Crippen LogP contribution in [-0.4, -0.2) is 6.54 Å². The lowest BCUT2D eigenvalue weighted by molar-refractivity contribution is 0.530. The molecular formula is C16H16ClF2N. The molecule has 0 spiro atoms. The largest absolute Gasteiger partial charge is 0.306 e. The normalized spacial score (nSPS) is 12.4. The van der Waals surface area contributed by atoms with Gasteiger partial charge in [-0.25, -0.2) is 8.78 Å². The molecule has 20 heavy (non-hydrogen) atoms. The van der Waals surface area contributed by atoms with Crippen LogP contribution in [-0.2, 0) is 0 Å². The van der Waals surface area contributed by atoms with Gasteiger partial charge < -0.3 is 5.32 Å². The molecule has 4 heteroatoms. The smallest absolute Gasteiger partial charge is 0.129 e. The van der Waals surface area contributed by atoms with Gasteiger partial charge in [-0.3, -0.25) is 0 Å². The van der Waals surface area contributed by atoms with Gasteiger partial charge in [-0.15, -0.1) is 0 Å². The molecule has 1 N–H and O–H groups in total. The van der Waals surface area contributed by atoms with Gasteiger partial charge in [0, 0.05) is 16.1 Å². The van der Waals surface area contributed by atoms with Crippen molar-refractivity contribution in [2.45, 2.75) is 19.9 Å². The second-order valence-corrected chi connectivity index (χ2v) is 5.12. The van der Waals surface area contributed by atoms with Crippen LogP contribution in [0.4, 0.5) is 8.78 Å². The summed E-state index contributed by atoms with van der Waals surface area (Å²) >= 11 is 5.77. The maximum absolute atomic E-state index is 14.1. The van der Waals surface area contributed by atoms with Crippen LogP contribution in [0.2, 0.25) is 5.02 Å². The fourth-order valence-electron chi connectivity index (χ4n) is 2.21. The van der Waals surface area contributed by atoms with E-state index < -0.39 is 11.9 Å². The van der Waals surface area contributed by atoms with Crippen molar-refractivity contribution in [3.63, 3.8) is 0 Å². The van der Waals surface area contributed by atoms with Crippen LogP contribution in [0.5, 0.6) is 0 Å². The van der Waals surface area contributed by atoms with E-state index in [0.29, 0.717) is 22.7 Å². The van der Waals surface area contributed by atoms with Crippen molar-refractivity contribution in [3.05, 3.63) is 69.7 Å². The van der Waals surface area contributed by atoms with Gasteiger partial charge in [0.15, 0.2) is 0 Å². The van der Waals surface area contributed by atoms with Gasteiger partial charge in [0.2, 0.25) is 0 Å². The first-order valence-corrected chi connectivity index (χ1v) is 6.85. The highest BCUT2D eigenvalue weighted by Crippen LogP contribution is 2.28. The Morgan fingerprint density at radius 2 is 1.80 bits per heavy atom. The van der Waals surface area contributed by atoms with E-state index in [0.717, 1.165) is 5.56 Å². The summed E-state index contributed by atoms with van der Waals surface area (Å²) < 4.78 is 28.1. The second kappa shape index (κ2) is 6.33. The van der Waals surface area contributed by atoms with Crippen molar-refractivity contribution in [2.24, 2.45) is 0 Å². The highest BCUT2D eigenvalue weighted by molar-refractivity contribution is 6.30. The van der Waals surface area contributed by atoms with Crippen LogP contribution in [0.3, 0.4) is 0 Å². The molecule has 0 amide bonds. The van der Waals surface area contributed by atoms with E-state index in [2.05, 4.69) is 5.32 Å². The molecular weight excluding hydrogens is 280 g/mol. The first kappa shape index (κ1) is 14.9. The maximum atomic E-state index is 14.1. The van der Waals surface area contributed by atoms with Crippen molar-refractivity contribution >= 4 is 11.6 Å². The van der Waals surface area contributed by atoms with Gasteiger partial charge >= 0.3 is 0 Å². The lowest BCUT2D eigenvalue weighted by atomic mass is 9.96. The fourth-order valence-corrected chi connectivity index (χ4v) is 2.37. The minimum absolute atomic E-state index is 0.325. The summed E-state index contributed by atoms with van der Waals surface area (Å²) in [5.41, 5.74) is 1.76. The first-order chi connectivity index (χ1) is 9.52. The summed E-state index contributed by atoms with van der Waals surface area (Å²) in [5, 5.41) is 3.45. The average molecular weight is 296 g/mol. The van der Waals surface area contributed by atoms with Crippen molar-refractivity contribution in [1.82, 2.24) is 5.32 Å². The third kappa shape index (κ3) is 3.17. The predicted octanol–water partition coefficient (Wildman–Crippen LogP) is 4.63. The zero-order chi connectivity index (χ0) is 14.7. The number of rotatable bonds is 4. The number of nitrogens with one attached hydrogen (secondary N) is 1. The number of aryl methyl sites for hydroxylation is 1. The standard InChI is InChI=1S/C16H16ClF2N/c1-3-20-16(12-6-5-11(17)9-15(12)19)13-8-10(2)4-7-14(13)18/h4-9,16,20H,3H2,1-2H3. The molecule has 0 aliphatic heterocycles. The highest BCUT2D eigenvalue weighted by Gasteiger charge is 2.20. The summed E-state index contributed by atoms with van der Waals surface area (Å²) in [6.07, 6.45) is 0. The summed E-state index contributed by atoms with van der Waals surface area (Å²) in [6, 6.07) is 8.75. The van der Waals surface area contributed by atoms with E-state index >= 15 is 0 Å². The van der Waals surface area contributed by atoms with Gasteiger partial charge in [-0.05, 0) is 31.7 Å². The third-order valence-electron chi connectivity index (χ3n) is 3.14. The predicted molar refractivity (Wildman–Crippen MR) is 78.1 cm³/mol. The van der Waals surface area contributed by atoms with E-state index in [1.54, 1.807) is 24.3 Å². The Labute approximate surface area is 122 Å². The number of halogens is 3. The Bertz CT molecular complexity index is 613. The molecule has 1 atom stereocenters. The van der Waals surface area contributed by atoms with Gasteiger partial charge in [0.05, 0.1) is 6.04 Å². The van der Waals surface area contributed by atoms with Crippen molar-refractivity contribution in [2.75, 3.05) is 6.54 Å². The SMILES string of the molecule is CCNC(c1ccc(Cl)cc1F)c1cc(C)ccc1F. The van der Waals surface area contributed by atoms with Crippen LogP contribution in [0.1, 0.15) is 29.7 Å². The lowest BCUT2D eigenvalue weighted by Crippen LogP contribution is -2.24. The van der Waals surface area contributed by atoms with Crippen molar-refractivity contribution in [1.29, 1.82) is 0 Å². The Kier molecular flexibility index (Phi) is 4.73. The molecule has 1 nitrogen and oxygen atoms in total. The van der Waals surface area contributed by atoms with Crippen LogP contribution in [0, 0.1) is 18.6 Å². The molecule has 0 radical (unpaired) electrons. The molecule has 1 unspecified atom stereocenters. The maximum Gasteiger partial charge on any atom is 0.129 e. The number of hydrogen-bond acceptors (Lipinski definition) is 1. The summed E-state index contributed by atoms with van der Waals surface area (Å²) in [6.45, 7) is 4.37. The van der Waals surface area contributed by atoms with Crippen LogP contribution < -0.4 is 5.32 Å². The molecule has 0 bridgehead atoms. The fraction of sp³-hybridized carbons (Fsp3) is 0.250. The average Bonchev–Trinajstić information content (AvgIpc) is 2.40. The van der Waals surface area contributed by atoms with Crippen LogP contribution in [0.25, 0.3) is 0 Å². The zero-order valence-electron chi connectivity index (χ0n) is 11.4. The Hall–Kier alpha value is -1.45.